The Hall–Kier alpha value is -2.27. The van der Waals surface area contributed by atoms with Crippen LogP contribution < -0.4 is 0 Å². The fraction of sp³-hybridized carbons (Fsp3) is 0.250. The molecule has 110 valence electrons. The lowest BCUT2D eigenvalue weighted by molar-refractivity contribution is 0.0962. The Morgan fingerprint density at radius 3 is 3.00 bits per heavy atom. The average Bonchev–Trinajstić information content (AvgIpc) is 2.88. The number of benzene rings is 1. The molecule has 1 atom stereocenters. The van der Waals surface area contributed by atoms with E-state index in [1.54, 1.807) is 10.7 Å². The predicted octanol–water partition coefficient (Wildman–Crippen LogP) is 3.00. The number of aryl methyl sites for hydroxylation is 1. The Morgan fingerprint density at radius 2 is 2.18 bits per heavy atom. The van der Waals surface area contributed by atoms with Crippen molar-refractivity contribution in [1.82, 2.24) is 19.6 Å². The second kappa shape index (κ2) is 4.88. The highest BCUT2D eigenvalue weighted by Gasteiger charge is 2.29. The lowest BCUT2D eigenvalue weighted by atomic mass is 9.82. The number of ketones is 1. The minimum Gasteiger partial charge on any atom is -0.294 e. The highest BCUT2D eigenvalue weighted by molar-refractivity contribution is 6.30. The van der Waals surface area contributed by atoms with Crippen LogP contribution in [0.2, 0.25) is 5.02 Å². The quantitative estimate of drug-likeness (QED) is 0.693. The van der Waals surface area contributed by atoms with E-state index in [4.69, 9.17) is 11.6 Å². The van der Waals surface area contributed by atoms with Crippen LogP contribution in [0.15, 0.2) is 30.5 Å². The van der Waals surface area contributed by atoms with Crippen molar-refractivity contribution in [2.75, 3.05) is 0 Å². The second-order valence-corrected chi connectivity index (χ2v) is 6.01. The van der Waals surface area contributed by atoms with E-state index in [1.165, 1.54) is 0 Å². The Kier molecular flexibility index (Phi) is 2.97. The number of halogens is 1. The van der Waals surface area contributed by atoms with Gasteiger partial charge in [-0.3, -0.25) is 4.79 Å². The standard InChI is InChI=1S/C16H13ClN4O/c1-9-19-16-18-8-13-14(21(16)20-9)6-11(7-15(13)22)10-3-2-4-12(17)5-10/h2-5,8,11H,6-7H2,1H3. The summed E-state index contributed by atoms with van der Waals surface area (Å²) in [6, 6.07) is 7.70. The van der Waals surface area contributed by atoms with Crippen LogP contribution in [-0.4, -0.2) is 25.4 Å². The van der Waals surface area contributed by atoms with Crippen LogP contribution in [0.4, 0.5) is 0 Å². The summed E-state index contributed by atoms with van der Waals surface area (Å²) in [4.78, 5) is 21.0. The molecular weight excluding hydrogens is 300 g/mol. The van der Waals surface area contributed by atoms with Crippen molar-refractivity contribution in [3.63, 3.8) is 0 Å². The number of fused-ring (bicyclic) bond motifs is 3. The first kappa shape index (κ1) is 13.4. The van der Waals surface area contributed by atoms with Crippen molar-refractivity contribution < 1.29 is 4.79 Å². The topological polar surface area (TPSA) is 60.1 Å². The number of carbonyl (C=O) groups is 1. The highest BCUT2D eigenvalue weighted by Crippen LogP contribution is 2.33. The van der Waals surface area contributed by atoms with Crippen LogP contribution in [0, 0.1) is 6.92 Å². The average molecular weight is 313 g/mol. The minimum atomic E-state index is 0.0915. The molecule has 0 saturated carbocycles. The van der Waals surface area contributed by atoms with Crippen molar-refractivity contribution in [3.8, 4) is 0 Å². The molecule has 4 rings (SSSR count). The summed E-state index contributed by atoms with van der Waals surface area (Å²) in [7, 11) is 0. The van der Waals surface area contributed by atoms with Crippen molar-refractivity contribution in [1.29, 1.82) is 0 Å². The summed E-state index contributed by atoms with van der Waals surface area (Å²) in [5.41, 5.74) is 2.61. The zero-order valence-corrected chi connectivity index (χ0v) is 12.7. The van der Waals surface area contributed by atoms with E-state index in [1.807, 2.05) is 31.2 Å². The number of aromatic nitrogens is 4. The summed E-state index contributed by atoms with van der Waals surface area (Å²) in [6.45, 7) is 1.82. The molecule has 0 fully saturated rings. The third kappa shape index (κ3) is 2.09. The molecular formula is C16H13ClN4O. The van der Waals surface area contributed by atoms with E-state index in [0.29, 0.717) is 28.6 Å². The van der Waals surface area contributed by atoms with E-state index < -0.39 is 0 Å². The van der Waals surface area contributed by atoms with Gasteiger partial charge in [-0.1, -0.05) is 23.7 Å². The molecule has 0 aliphatic heterocycles. The molecule has 1 aromatic carbocycles. The number of hydrogen-bond acceptors (Lipinski definition) is 4. The Bertz CT molecular complexity index is 902. The third-order valence-electron chi connectivity index (χ3n) is 4.06. The maximum atomic E-state index is 12.5. The van der Waals surface area contributed by atoms with Gasteiger partial charge in [-0.15, -0.1) is 0 Å². The van der Waals surface area contributed by atoms with Gasteiger partial charge in [-0.25, -0.2) is 9.50 Å². The van der Waals surface area contributed by atoms with Gasteiger partial charge in [-0.2, -0.15) is 10.1 Å². The Morgan fingerprint density at radius 1 is 1.32 bits per heavy atom. The molecule has 5 nitrogen and oxygen atoms in total. The highest BCUT2D eigenvalue weighted by atomic mass is 35.5. The van der Waals surface area contributed by atoms with Gasteiger partial charge in [0.05, 0.1) is 11.3 Å². The molecule has 3 aromatic rings. The maximum absolute atomic E-state index is 12.5. The molecule has 0 spiro atoms. The van der Waals surface area contributed by atoms with Gasteiger partial charge < -0.3 is 0 Å². The van der Waals surface area contributed by atoms with Crippen LogP contribution in [0.25, 0.3) is 5.78 Å². The Balaban J connectivity index is 1.84. The fourth-order valence-corrected chi connectivity index (χ4v) is 3.24. The van der Waals surface area contributed by atoms with Gasteiger partial charge in [-0.05, 0) is 37.0 Å². The molecule has 2 heterocycles. The van der Waals surface area contributed by atoms with E-state index in [2.05, 4.69) is 15.1 Å². The molecule has 22 heavy (non-hydrogen) atoms. The summed E-state index contributed by atoms with van der Waals surface area (Å²) < 4.78 is 1.69. The number of hydrogen-bond donors (Lipinski definition) is 0. The van der Waals surface area contributed by atoms with Gasteiger partial charge in [0, 0.05) is 17.6 Å². The largest absolute Gasteiger partial charge is 0.294 e. The normalized spacial score (nSPS) is 17.7. The lowest BCUT2D eigenvalue weighted by Crippen LogP contribution is -2.22. The van der Waals surface area contributed by atoms with Crippen LogP contribution in [0.1, 0.15) is 39.8 Å². The molecule has 0 bridgehead atoms. The molecule has 2 aromatic heterocycles. The van der Waals surface area contributed by atoms with E-state index in [0.717, 1.165) is 17.7 Å². The monoisotopic (exact) mass is 312 g/mol. The van der Waals surface area contributed by atoms with E-state index in [-0.39, 0.29) is 11.7 Å². The summed E-state index contributed by atoms with van der Waals surface area (Å²) >= 11 is 6.08. The summed E-state index contributed by atoms with van der Waals surface area (Å²) in [5.74, 6) is 1.39. The van der Waals surface area contributed by atoms with Crippen LogP contribution in [0.5, 0.6) is 0 Å². The third-order valence-corrected chi connectivity index (χ3v) is 4.30. The first-order valence-electron chi connectivity index (χ1n) is 7.12. The minimum absolute atomic E-state index is 0.0915. The van der Waals surface area contributed by atoms with Gasteiger partial charge in [0.2, 0.25) is 0 Å². The molecule has 6 heteroatoms. The van der Waals surface area contributed by atoms with Crippen LogP contribution in [-0.2, 0) is 6.42 Å². The van der Waals surface area contributed by atoms with Crippen molar-refractivity contribution in [3.05, 3.63) is 58.1 Å². The molecule has 0 radical (unpaired) electrons. The first-order valence-corrected chi connectivity index (χ1v) is 7.49. The Labute approximate surface area is 132 Å². The number of Topliss-reactive ketones (excluding diaryl/α,β-unsaturated/α-hetero) is 1. The van der Waals surface area contributed by atoms with Gasteiger partial charge >= 0.3 is 0 Å². The number of nitrogens with zero attached hydrogens (tertiary/aromatic N) is 4. The zero-order chi connectivity index (χ0) is 15.3. The number of rotatable bonds is 1. The first-order chi connectivity index (χ1) is 10.6. The van der Waals surface area contributed by atoms with E-state index in [9.17, 15) is 4.79 Å². The molecule has 0 amide bonds. The molecule has 1 aliphatic rings. The summed E-state index contributed by atoms with van der Waals surface area (Å²) in [6.07, 6.45) is 2.81. The predicted molar refractivity (Wildman–Crippen MR) is 82.4 cm³/mol. The van der Waals surface area contributed by atoms with E-state index >= 15 is 0 Å². The molecule has 1 aliphatic carbocycles. The van der Waals surface area contributed by atoms with Crippen molar-refractivity contribution in [2.24, 2.45) is 0 Å². The lowest BCUT2D eigenvalue weighted by Gasteiger charge is -2.24. The van der Waals surface area contributed by atoms with Gasteiger partial charge in [0.15, 0.2) is 5.78 Å². The van der Waals surface area contributed by atoms with Crippen molar-refractivity contribution in [2.45, 2.75) is 25.7 Å². The fourth-order valence-electron chi connectivity index (χ4n) is 3.04. The SMILES string of the molecule is Cc1nc2ncc3c(n2n1)CC(c1cccc(Cl)c1)CC3=O. The number of carbonyl (C=O) groups excluding carboxylic acids is 1. The zero-order valence-electron chi connectivity index (χ0n) is 12.0. The smallest absolute Gasteiger partial charge is 0.252 e. The van der Waals surface area contributed by atoms with Crippen LogP contribution >= 0.6 is 11.6 Å². The second-order valence-electron chi connectivity index (χ2n) is 5.57. The molecule has 1 unspecified atom stereocenters. The van der Waals surface area contributed by atoms with Gasteiger partial charge in [0.25, 0.3) is 5.78 Å². The summed E-state index contributed by atoms with van der Waals surface area (Å²) in [5, 5.41) is 5.06. The maximum Gasteiger partial charge on any atom is 0.252 e. The molecule has 0 N–H and O–H groups in total. The van der Waals surface area contributed by atoms with Gasteiger partial charge in [0.1, 0.15) is 5.82 Å². The van der Waals surface area contributed by atoms with Crippen LogP contribution in [0.3, 0.4) is 0 Å². The molecule has 0 saturated heterocycles. The van der Waals surface area contributed by atoms with Crippen molar-refractivity contribution >= 4 is 23.2 Å².